The second-order valence-electron chi connectivity index (χ2n) is 3.87. The van der Waals surface area contributed by atoms with Crippen molar-refractivity contribution in [2.24, 2.45) is 0 Å². The maximum Gasteiger partial charge on any atom is 0.319 e. The van der Waals surface area contributed by atoms with Gasteiger partial charge >= 0.3 is 5.69 Å². The molecule has 0 aliphatic heterocycles. The Morgan fingerprint density at radius 1 is 1.38 bits per heavy atom. The van der Waals surface area contributed by atoms with Crippen molar-refractivity contribution in [3.05, 3.63) is 62.9 Å². The zero-order valence-corrected chi connectivity index (χ0v) is 11.2. The first kappa shape index (κ1) is 14.4. The molecule has 8 heteroatoms. The van der Waals surface area contributed by atoms with E-state index in [2.05, 4.69) is 10.3 Å². The van der Waals surface area contributed by atoms with Crippen molar-refractivity contribution in [3.63, 3.8) is 0 Å². The van der Waals surface area contributed by atoms with Crippen LogP contribution in [0.4, 0.5) is 11.4 Å². The molecule has 0 atom stereocenters. The number of rotatable bonds is 3. The Hall–Kier alpha value is -2.98. The summed E-state index contributed by atoms with van der Waals surface area (Å²) >= 11 is 5.64. The Morgan fingerprint density at radius 2 is 2.10 bits per heavy atom. The maximum atomic E-state index is 12.1. The fourth-order valence-electron chi connectivity index (χ4n) is 1.66. The fraction of sp³-hybridized carbons (Fsp3) is 0. The standard InChI is InChI=1S/C13H7ClN4O3/c14-12-11(18(20)21)9(5-6-16-12)13(19)17-10-4-2-1-3-8(10)7-15/h1-6H,(H,17,19). The van der Waals surface area contributed by atoms with Crippen LogP contribution in [0, 0.1) is 21.4 Å². The molecule has 0 saturated carbocycles. The number of aromatic nitrogens is 1. The van der Waals surface area contributed by atoms with Crippen LogP contribution >= 0.6 is 11.6 Å². The van der Waals surface area contributed by atoms with E-state index in [1.165, 1.54) is 24.4 Å². The number of pyridine rings is 1. The zero-order valence-electron chi connectivity index (χ0n) is 10.4. The van der Waals surface area contributed by atoms with Gasteiger partial charge in [0.15, 0.2) is 0 Å². The Morgan fingerprint density at radius 3 is 2.76 bits per heavy atom. The highest BCUT2D eigenvalue weighted by Gasteiger charge is 2.25. The number of para-hydroxylation sites is 1. The molecule has 2 aromatic rings. The van der Waals surface area contributed by atoms with Crippen molar-refractivity contribution >= 4 is 28.9 Å². The quantitative estimate of drug-likeness (QED) is 0.532. The molecule has 1 heterocycles. The van der Waals surface area contributed by atoms with Crippen LogP contribution in [0.15, 0.2) is 36.5 Å². The highest BCUT2D eigenvalue weighted by atomic mass is 35.5. The van der Waals surface area contributed by atoms with Gasteiger partial charge in [0.1, 0.15) is 11.6 Å². The van der Waals surface area contributed by atoms with Crippen molar-refractivity contribution in [1.29, 1.82) is 5.26 Å². The minimum atomic E-state index is -0.777. The van der Waals surface area contributed by atoms with Gasteiger partial charge in [0.2, 0.25) is 5.15 Å². The van der Waals surface area contributed by atoms with E-state index in [1.807, 2.05) is 6.07 Å². The van der Waals surface area contributed by atoms with Gasteiger partial charge in [-0.15, -0.1) is 0 Å². The summed E-state index contributed by atoms with van der Waals surface area (Å²) in [4.78, 5) is 25.9. The van der Waals surface area contributed by atoms with Crippen LogP contribution < -0.4 is 5.32 Å². The molecule has 0 bridgehead atoms. The highest BCUT2D eigenvalue weighted by Crippen LogP contribution is 2.27. The normalized spacial score (nSPS) is 9.71. The molecule has 0 fully saturated rings. The average molecular weight is 303 g/mol. The van der Waals surface area contributed by atoms with Gasteiger partial charge in [-0.05, 0) is 18.2 Å². The van der Waals surface area contributed by atoms with Gasteiger partial charge in [0.25, 0.3) is 5.91 Å². The van der Waals surface area contributed by atoms with E-state index in [9.17, 15) is 14.9 Å². The summed E-state index contributed by atoms with van der Waals surface area (Å²) < 4.78 is 0. The molecule has 0 aliphatic rings. The number of nitriles is 1. The van der Waals surface area contributed by atoms with Gasteiger partial charge in [0.05, 0.1) is 16.2 Å². The first-order chi connectivity index (χ1) is 10.0. The Bertz CT molecular complexity index is 770. The molecule has 1 N–H and O–H groups in total. The average Bonchev–Trinajstić information content (AvgIpc) is 2.47. The van der Waals surface area contributed by atoms with E-state index in [0.717, 1.165) is 0 Å². The number of hydrogen-bond acceptors (Lipinski definition) is 5. The lowest BCUT2D eigenvalue weighted by atomic mass is 10.1. The molecular formula is C13H7ClN4O3. The minimum absolute atomic E-state index is 0.229. The van der Waals surface area contributed by atoms with Crippen molar-refractivity contribution in [1.82, 2.24) is 4.98 Å². The lowest BCUT2D eigenvalue weighted by Crippen LogP contribution is -2.15. The summed E-state index contributed by atoms with van der Waals surface area (Å²) in [7, 11) is 0. The van der Waals surface area contributed by atoms with Gasteiger partial charge in [-0.2, -0.15) is 5.26 Å². The lowest BCUT2D eigenvalue weighted by Gasteiger charge is -2.07. The molecule has 0 radical (unpaired) electrons. The molecule has 2 rings (SSSR count). The van der Waals surface area contributed by atoms with Crippen LogP contribution in [0.3, 0.4) is 0 Å². The molecule has 21 heavy (non-hydrogen) atoms. The highest BCUT2D eigenvalue weighted by molar-refractivity contribution is 6.32. The predicted octanol–water partition coefficient (Wildman–Crippen LogP) is 2.77. The summed E-state index contributed by atoms with van der Waals surface area (Å²) in [6.07, 6.45) is 1.19. The monoisotopic (exact) mass is 302 g/mol. The zero-order chi connectivity index (χ0) is 15.4. The van der Waals surface area contributed by atoms with Crippen molar-refractivity contribution in [2.75, 3.05) is 5.32 Å². The number of amides is 1. The van der Waals surface area contributed by atoms with Gasteiger partial charge < -0.3 is 5.32 Å². The Balaban J connectivity index is 2.41. The van der Waals surface area contributed by atoms with Crippen LogP contribution in [-0.4, -0.2) is 15.8 Å². The van der Waals surface area contributed by atoms with Crippen LogP contribution in [0.1, 0.15) is 15.9 Å². The van der Waals surface area contributed by atoms with Gasteiger partial charge in [0, 0.05) is 6.20 Å². The van der Waals surface area contributed by atoms with Crippen molar-refractivity contribution in [3.8, 4) is 6.07 Å². The Labute approximate surface area is 123 Å². The summed E-state index contributed by atoms with van der Waals surface area (Å²) in [5, 5.41) is 22.0. The molecule has 1 aromatic heterocycles. The van der Waals surface area contributed by atoms with Crippen LogP contribution in [0.2, 0.25) is 5.15 Å². The molecule has 0 aliphatic carbocycles. The lowest BCUT2D eigenvalue weighted by molar-refractivity contribution is -0.385. The number of carbonyl (C=O) groups is 1. The van der Waals surface area contributed by atoms with Crippen LogP contribution in [0.5, 0.6) is 0 Å². The number of carbonyl (C=O) groups excluding carboxylic acids is 1. The van der Waals surface area contributed by atoms with E-state index in [1.54, 1.807) is 12.1 Å². The Kier molecular flexibility index (Phi) is 4.11. The largest absolute Gasteiger partial charge is 0.321 e. The summed E-state index contributed by atoms with van der Waals surface area (Å²) in [6, 6.07) is 9.41. The first-order valence-electron chi connectivity index (χ1n) is 5.64. The van der Waals surface area contributed by atoms with Gasteiger partial charge in [-0.3, -0.25) is 14.9 Å². The first-order valence-corrected chi connectivity index (χ1v) is 6.01. The molecule has 1 amide bonds. The third-order valence-electron chi connectivity index (χ3n) is 2.60. The van der Waals surface area contributed by atoms with E-state index < -0.39 is 16.5 Å². The minimum Gasteiger partial charge on any atom is -0.321 e. The second-order valence-corrected chi connectivity index (χ2v) is 4.22. The molecule has 1 aromatic carbocycles. The third-order valence-corrected chi connectivity index (χ3v) is 2.88. The summed E-state index contributed by atoms with van der Waals surface area (Å²) in [6.45, 7) is 0. The van der Waals surface area contributed by atoms with Crippen LogP contribution in [-0.2, 0) is 0 Å². The van der Waals surface area contributed by atoms with E-state index >= 15 is 0 Å². The predicted molar refractivity (Wildman–Crippen MR) is 75.0 cm³/mol. The van der Waals surface area contributed by atoms with E-state index in [-0.39, 0.29) is 22.0 Å². The number of nitro groups is 1. The molecular weight excluding hydrogens is 296 g/mol. The SMILES string of the molecule is N#Cc1ccccc1NC(=O)c1ccnc(Cl)c1[N+](=O)[O-]. The fourth-order valence-corrected chi connectivity index (χ4v) is 1.89. The smallest absolute Gasteiger partial charge is 0.319 e. The molecule has 0 unspecified atom stereocenters. The molecule has 104 valence electrons. The summed E-state index contributed by atoms with van der Waals surface area (Å²) in [5.41, 5.74) is -0.306. The van der Waals surface area contributed by atoms with Gasteiger partial charge in [-0.25, -0.2) is 4.98 Å². The number of nitrogens with one attached hydrogen (secondary N) is 1. The van der Waals surface area contributed by atoms with Crippen LogP contribution in [0.25, 0.3) is 0 Å². The van der Waals surface area contributed by atoms with Crippen molar-refractivity contribution < 1.29 is 9.72 Å². The molecule has 0 spiro atoms. The van der Waals surface area contributed by atoms with E-state index in [0.29, 0.717) is 0 Å². The van der Waals surface area contributed by atoms with Crippen molar-refractivity contribution in [2.45, 2.75) is 0 Å². The molecule has 0 saturated heterocycles. The topological polar surface area (TPSA) is 109 Å². The number of anilines is 1. The molecule has 7 nitrogen and oxygen atoms in total. The second kappa shape index (κ2) is 5.98. The van der Waals surface area contributed by atoms with E-state index in [4.69, 9.17) is 16.9 Å². The third kappa shape index (κ3) is 2.96. The number of hydrogen-bond donors (Lipinski definition) is 1. The summed E-state index contributed by atoms with van der Waals surface area (Å²) in [5.74, 6) is -0.742. The number of nitrogens with zero attached hydrogens (tertiary/aromatic N) is 3. The number of benzene rings is 1. The number of halogens is 1. The maximum absolute atomic E-state index is 12.1. The van der Waals surface area contributed by atoms with Gasteiger partial charge in [-0.1, -0.05) is 23.7 Å².